The van der Waals surface area contributed by atoms with Crippen LogP contribution in [0.1, 0.15) is 12.5 Å². The normalized spacial score (nSPS) is 10.6. The van der Waals surface area contributed by atoms with Gasteiger partial charge in [-0.15, -0.1) is 0 Å². The summed E-state index contributed by atoms with van der Waals surface area (Å²) in [5.41, 5.74) is 3.00. The number of hydrogen-bond donors (Lipinski definition) is 1. The molecule has 0 saturated carbocycles. The van der Waals surface area contributed by atoms with Gasteiger partial charge in [0.15, 0.2) is 0 Å². The fourth-order valence-electron chi connectivity index (χ4n) is 2.19. The molecule has 4 nitrogen and oxygen atoms in total. The van der Waals surface area contributed by atoms with Crippen LogP contribution in [0.5, 0.6) is 5.75 Å². The van der Waals surface area contributed by atoms with Crippen molar-refractivity contribution in [2.45, 2.75) is 13.8 Å². The molecular formula is C17H17N3O. The van der Waals surface area contributed by atoms with Gasteiger partial charge in [-0.1, -0.05) is 18.2 Å². The highest BCUT2D eigenvalue weighted by Crippen LogP contribution is 2.24. The third-order valence-electron chi connectivity index (χ3n) is 3.24. The van der Waals surface area contributed by atoms with Crippen molar-refractivity contribution < 1.29 is 4.74 Å². The van der Waals surface area contributed by atoms with Gasteiger partial charge in [0, 0.05) is 17.3 Å². The molecule has 1 N–H and O–H groups in total. The maximum Gasteiger partial charge on any atom is 0.227 e. The number of benzene rings is 2. The maximum atomic E-state index is 5.49. The molecule has 0 bridgehead atoms. The van der Waals surface area contributed by atoms with E-state index in [0.29, 0.717) is 12.6 Å². The number of fused-ring (bicyclic) bond motifs is 1. The molecule has 0 aliphatic rings. The highest BCUT2D eigenvalue weighted by molar-refractivity contribution is 5.79. The Morgan fingerprint density at radius 2 is 2.00 bits per heavy atom. The Bertz CT molecular complexity index is 771. The van der Waals surface area contributed by atoms with E-state index < -0.39 is 0 Å². The first-order valence-electron chi connectivity index (χ1n) is 6.98. The zero-order valence-electron chi connectivity index (χ0n) is 12.1. The molecule has 0 saturated heterocycles. The molecule has 0 fully saturated rings. The lowest BCUT2D eigenvalue weighted by Gasteiger charge is -2.10. The largest absolute Gasteiger partial charge is 0.494 e. The molecule has 0 aliphatic heterocycles. The Hall–Kier alpha value is -2.62. The van der Waals surface area contributed by atoms with Crippen molar-refractivity contribution in [3.63, 3.8) is 0 Å². The number of ether oxygens (including phenoxy) is 1. The van der Waals surface area contributed by atoms with Crippen LogP contribution in [-0.2, 0) is 0 Å². The van der Waals surface area contributed by atoms with Gasteiger partial charge < -0.3 is 10.1 Å². The Morgan fingerprint density at radius 1 is 1.14 bits per heavy atom. The van der Waals surface area contributed by atoms with Crippen molar-refractivity contribution >= 4 is 22.5 Å². The molecule has 0 aliphatic carbocycles. The van der Waals surface area contributed by atoms with Crippen LogP contribution in [0.4, 0.5) is 11.6 Å². The number of aryl methyl sites for hydroxylation is 1. The first kappa shape index (κ1) is 13.4. The van der Waals surface area contributed by atoms with Crippen molar-refractivity contribution in [1.29, 1.82) is 0 Å². The Balaban J connectivity index is 1.87. The second-order valence-electron chi connectivity index (χ2n) is 4.79. The highest BCUT2D eigenvalue weighted by Gasteiger charge is 2.04. The van der Waals surface area contributed by atoms with Crippen molar-refractivity contribution in [1.82, 2.24) is 9.97 Å². The first-order chi connectivity index (χ1) is 10.3. The summed E-state index contributed by atoms with van der Waals surface area (Å²) < 4.78 is 5.49. The monoisotopic (exact) mass is 279 g/mol. The number of anilines is 2. The predicted octanol–water partition coefficient (Wildman–Crippen LogP) is 4.08. The van der Waals surface area contributed by atoms with Crippen LogP contribution >= 0.6 is 0 Å². The molecule has 2 aromatic carbocycles. The average Bonchev–Trinajstić information content (AvgIpc) is 2.50. The molecule has 1 heterocycles. The second-order valence-corrected chi connectivity index (χ2v) is 4.79. The fraction of sp³-hybridized carbons (Fsp3) is 0.176. The van der Waals surface area contributed by atoms with Crippen LogP contribution in [0, 0.1) is 6.92 Å². The average molecular weight is 279 g/mol. The number of nitrogens with zero attached hydrogens (tertiary/aromatic N) is 2. The van der Waals surface area contributed by atoms with Gasteiger partial charge in [-0.2, -0.15) is 0 Å². The van der Waals surface area contributed by atoms with Crippen LogP contribution in [0.15, 0.2) is 48.7 Å². The zero-order valence-corrected chi connectivity index (χ0v) is 12.1. The lowest BCUT2D eigenvalue weighted by molar-refractivity contribution is 0.340. The summed E-state index contributed by atoms with van der Waals surface area (Å²) in [7, 11) is 0. The van der Waals surface area contributed by atoms with E-state index in [-0.39, 0.29) is 0 Å². The van der Waals surface area contributed by atoms with Gasteiger partial charge in [0.2, 0.25) is 5.95 Å². The Labute approximate surface area is 123 Å². The van der Waals surface area contributed by atoms with Gasteiger partial charge in [-0.05, 0) is 43.7 Å². The zero-order chi connectivity index (χ0) is 14.7. The van der Waals surface area contributed by atoms with E-state index in [1.54, 1.807) is 0 Å². The second kappa shape index (κ2) is 5.79. The lowest BCUT2D eigenvalue weighted by Crippen LogP contribution is -1.99. The quantitative estimate of drug-likeness (QED) is 0.781. The third kappa shape index (κ3) is 2.94. The minimum absolute atomic E-state index is 0.598. The van der Waals surface area contributed by atoms with Crippen LogP contribution in [-0.4, -0.2) is 16.6 Å². The number of nitrogens with one attached hydrogen (secondary N) is 1. The Kier molecular flexibility index (Phi) is 3.69. The molecule has 0 radical (unpaired) electrons. The highest BCUT2D eigenvalue weighted by atomic mass is 16.5. The molecule has 0 atom stereocenters. The number of hydrogen-bond acceptors (Lipinski definition) is 4. The summed E-state index contributed by atoms with van der Waals surface area (Å²) in [5, 5.41) is 4.29. The summed E-state index contributed by atoms with van der Waals surface area (Å²) in [6, 6.07) is 13.9. The van der Waals surface area contributed by atoms with E-state index in [9.17, 15) is 0 Å². The molecule has 106 valence electrons. The molecule has 3 rings (SSSR count). The van der Waals surface area contributed by atoms with Gasteiger partial charge in [0.1, 0.15) is 5.75 Å². The number of aromatic nitrogens is 2. The standard InChI is InChI=1S/C17H17N3O/c1-3-21-14-8-9-15(12(2)10-14)19-17-18-11-13-6-4-5-7-16(13)20-17/h4-11H,3H2,1-2H3,(H,18,19,20). The van der Waals surface area contributed by atoms with E-state index in [4.69, 9.17) is 4.74 Å². The van der Waals surface area contributed by atoms with Crippen LogP contribution in [0.25, 0.3) is 10.9 Å². The minimum Gasteiger partial charge on any atom is -0.494 e. The van der Waals surface area contributed by atoms with Gasteiger partial charge in [0.25, 0.3) is 0 Å². The summed E-state index contributed by atoms with van der Waals surface area (Å²) >= 11 is 0. The molecule has 0 spiro atoms. The topological polar surface area (TPSA) is 47.0 Å². The predicted molar refractivity (Wildman–Crippen MR) is 85.2 cm³/mol. The van der Waals surface area contributed by atoms with E-state index >= 15 is 0 Å². The van der Waals surface area contributed by atoms with Gasteiger partial charge in [-0.25, -0.2) is 9.97 Å². The van der Waals surface area contributed by atoms with E-state index in [1.807, 2.05) is 62.5 Å². The molecule has 4 heteroatoms. The van der Waals surface area contributed by atoms with Crippen molar-refractivity contribution in [2.75, 3.05) is 11.9 Å². The van der Waals surface area contributed by atoms with Gasteiger partial charge >= 0.3 is 0 Å². The van der Waals surface area contributed by atoms with Crippen LogP contribution in [0.3, 0.4) is 0 Å². The molecule has 3 aromatic rings. The van der Waals surface area contributed by atoms with Crippen molar-refractivity contribution in [3.8, 4) is 5.75 Å². The van der Waals surface area contributed by atoms with E-state index in [2.05, 4.69) is 15.3 Å². The third-order valence-corrected chi connectivity index (χ3v) is 3.24. The summed E-state index contributed by atoms with van der Waals surface area (Å²) in [4.78, 5) is 8.87. The summed E-state index contributed by atoms with van der Waals surface area (Å²) in [5.74, 6) is 1.47. The molecule has 0 unspecified atom stereocenters. The van der Waals surface area contributed by atoms with E-state index in [0.717, 1.165) is 27.9 Å². The maximum absolute atomic E-state index is 5.49. The fourth-order valence-corrected chi connectivity index (χ4v) is 2.19. The summed E-state index contributed by atoms with van der Waals surface area (Å²) in [6.07, 6.45) is 1.83. The molecule has 0 amide bonds. The van der Waals surface area contributed by atoms with Gasteiger partial charge in [-0.3, -0.25) is 0 Å². The van der Waals surface area contributed by atoms with Crippen molar-refractivity contribution in [2.24, 2.45) is 0 Å². The van der Waals surface area contributed by atoms with Crippen LogP contribution < -0.4 is 10.1 Å². The van der Waals surface area contributed by atoms with E-state index in [1.165, 1.54) is 0 Å². The molecule has 21 heavy (non-hydrogen) atoms. The smallest absolute Gasteiger partial charge is 0.227 e. The summed E-state index contributed by atoms with van der Waals surface area (Å²) in [6.45, 7) is 4.68. The Morgan fingerprint density at radius 3 is 2.81 bits per heavy atom. The number of rotatable bonds is 4. The minimum atomic E-state index is 0.598. The number of para-hydroxylation sites is 1. The lowest BCUT2D eigenvalue weighted by atomic mass is 10.2. The van der Waals surface area contributed by atoms with Crippen molar-refractivity contribution in [3.05, 3.63) is 54.2 Å². The molecular weight excluding hydrogens is 262 g/mol. The first-order valence-corrected chi connectivity index (χ1v) is 6.98. The van der Waals surface area contributed by atoms with Gasteiger partial charge in [0.05, 0.1) is 12.1 Å². The van der Waals surface area contributed by atoms with Crippen LogP contribution in [0.2, 0.25) is 0 Å². The SMILES string of the molecule is CCOc1ccc(Nc2ncc3ccccc3n2)c(C)c1. The molecule has 1 aromatic heterocycles.